The monoisotopic (exact) mass is 397 g/mol. The summed E-state index contributed by atoms with van der Waals surface area (Å²) in [7, 11) is 3.13. The van der Waals surface area contributed by atoms with Crippen molar-refractivity contribution in [3.63, 3.8) is 0 Å². The minimum absolute atomic E-state index is 0.288. The number of nitrogens with one attached hydrogen (secondary N) is 2. The SMILES string of the molecule is COc1ccc(-c2nc(C(=O)Nc3ccc4oc(=O)[nH]c4c3)cs2)cc1OC. The summed E-state index contributed by atoms with van der Waals surface area (Å²) in [5.41, 5.74) is 2.56. The number of ether oxygens (including phenoxy) is 2. The zero-order chi connectivity index (χ0) is 19.7. The predicted molar refractivity (Wildman–Crippen MR) is 105 cm³/mol. The van der Waals surface area contributed by atoms with E-state index in [1.165, 1.54) is 11.3 Å². The molecule has 0 aliphatic rings. The molecule has 0 aliphatic heterocycles. The van der Waals surface area contributed by atoms with Gasteiger partial charge in [0.2, 0.25) is 0 Å². The lowest BCUT2D eigenvalue weighted by molar-refractivity contribution is 0.102. The standard InChI is InChI=1S/C19H15N3O5S/c1-25-15-5-3-10(7-16(15)26-2)18-21-13(9-28-18)17(23)20-11-4-6-14-12(8-11)22-19(24)27-14/h3-9H,1-2H3,(H,20,23)(H,22,24). The summed E-state index contributed by atoms with van der Waals surface area (Å²) < 4.78 is 15.5. The van der Waals surface area contributed by atoms with E-state index in [-0.39, 0.29) is 11.6 Å². The summed E-state index contributed by atoms with van der Waals surface area (Å²) >= 11 is 1.35. The van der Waals surface area contributed by atoms with Crippen molar-refractivity contribution in [3.05, 3.63) is 58.0 Å². The normalized spacial score (nSPS) is 10.8. The minimum Gasteiger partial charge on any atom is -0.493 e. The fraction of sp³-hybridized carbons (Fsp3) is 0.105. The molecule has 0 spiro atoms. The molecular weight excluding hydrogens is 382 g/mol. The Bertz CT molecular complexity index is 1220. The van der Waals surface area contributed by atoms with Crippen molar-refractivity contribution in [2.75, 3.05) is 19.5 Å². The number of hydrogen-bond acceptors (Lipinski definition) is 7. The van der Waals surface area contributed by atoms with Crippen molar-refractivity contribution in [1.82, 2.24) is 9.97 Å². The van der Waals surface area contributed by atoms with Crippen molar-refractivity contribution in [2.24, 2.45) is 0 Å². The van der Waals surface area contributed by atoms with Crippen LogP contribution in [0.2, 0.25) is 0 Å². The fourth-order valence-electron chi connectivity index (χ4n) is 2.70. The number of nitrogens with zero attached hydrogens (tertiary/aromatic N) is 1. The number of carbonyl (C=O) groups excluding carboxylic acids is 1. The summed E-state index contributed by atoms with van der Waals surface area (Å²) in [4.78, 5) is 30.7. The average Bonchev–Trinajstić information content (AvgIpc) is 3.33. The van der Waals surface area contributed by atoms with Gasteiger partial charge in [0.15, 0.2) is 17.1 Å². The molecule has 0 saturated heterocycles. The molecule has 2 heterocycles. The lowest BCUT2D eigenvalue weighted by atomic mass is 10.2. The van der Waals surface area contributed by atoms with Crippen LogP contribution >= 0.6 is 11.3 Å². The molecule has 0 atom stereocenters. The Balaban J connectivity index is 1.56. The Morgan fingerprint density at radius 1 is 1.14 bits per heavy atom. The molecule has 0 fully saturated rings. The quantitative estimate of drug-likeness (QED) is 0.534. The second-order valence-corrected chi connectivity index (χ2v) is 6.65. The third kappa shape index (κ3) is 3.35. The van der Waals surface area contributed by atoms with Gasteiger partial charge < -0.3 is 19.2 Å². The van der Waals surface area contributed by atoms with Crippen LogP contribution in [-0.2, 0) is 0 Å². The first-order valence-corrected chi connectivity index (χ1v) is 9.07. The first kappa shape index (κ1) is 17.8. The van der Waals surface area contributed by atoms with Gasteiger partial charge in [-0.25, -0.2) is 9.78 Å². The molecule has 9 heteroatoms. The minimum atomic E-state index is -0.544. The van der Waals surface area contributed by atoms with Gasteiger partial charge in [-0.1, -0.05) is 0 Å². The summed E-state index contributed by atoms with van der Waals surface area (Å²) in [6, 6.07) is 10.3. The lowest BCUT2D eigenvalue weighted by Gasteiger charge is -2.08. The molecule has 0 aliphatic carbocycles. The zero-order valence-corrected chi connectivity index (χ0v) is 15.8. The predicted octanol–water partition coefficient (Wildman–Crippen LogP) is 3.51. The van der Waals surface area contributed by atoms with Crippen LogP contribution in [0.3, 0.4) is 0 Å². The van der Waals surface area contributed by atoms with Gasteiger partial charge in [-0.3, -0.25) is 9.78 Å². The molecule has 0 saturated carbocycles. The number of amides is 1. The van der Waals surface area contributed by atoms with Crippen LogP contribution in [0.25, 0.3) is 21.7 Å². The van der Waals surface area contributed by atoms with E-state index in [1.54, 1.807) is 43.9 Å². The first-order chi connectivity index (χ1) is 13.6. The van der Waals surface area contributed by atoms with Gasteiger partial charge in [-0.2, -0.15) is 0 Å². The van der Waals surface area contributed by atoms with Gasteiger partial charge in [0.05, 0.1) is 19.7 Å². The molecule has 4 rings (SSSR count). The highest BCUT2D eigenvalue weighted by molar-refractivity contribution is 7.13. The maximum atomic E-state index is 12.5. The molecule has 0 bridgehead atoms. The number of anilines is 1. The molecule has 142 valence electrons. The molecule has 2 N–H and O–H groups in total. The third-order valence-corrected chi connectivity index (χ3v) is 4.94. The van der Waals surface area contributed by atoms with Gasteiger partial charge in [-0.05, 0) is 36.4 Å². The number of methoxy groups -OCH3 is 2. The van der Waals surface area contributed by atoms with E-state index in [0.717, 1.165) is 5.56 Å². The highest BCUT2D eigenvalue weighted by Crippen LogP contribution is 2.33. The Morgan fingerprint density at radius 2 is 1.96 bits per heavy atom. The van der Waals surface area contributed by atoms with E-state index >= 15 is 0 Å². The molecule has 4 aromatic rings. The largest absolute Gasteiger partial charge is 0.493 e. The van der Waals surface area contributed by atoms with E-state index in [2.05, 4.69) is 15.3 Å². The average molecular weight is 397 g/mol. The summed E-state index contributed by atoms with van der Waals surface area (Å²) in [5.74, 6) is 0.308. The topological polar surface area (TPSA) is 106 Å². The van der Waals surface area contributed by atoms with E-state index in [1.807, 2.05) is 12.1 Å². The lowest BCUT2D eigenvalue weighted by Crippen LogP contribution is -2.12. The Labute approximate surface area is 162 Å². The number of hydrogen-bond donors (Lipinski definition) is 2. The molecule has 0 radical (unpaired) electrons. The molecule has 8 nitrogen and oxygen atoms in total. The fourth-order valence-corrected chi connectivity index (χ4v) is 3.50. The number of aromatic nitrogens is 2. The van der Waals surface area contributed by atoms with Crippen molar-refractivity contribution >= 4 is 34.0 Å². The smallest absolute Gasteiger partial charge is 0.417 e. The zero-order valence-electron chi connectivity index (χ0n) is 14.9. The van der Waals surface area contributed by atoms with Crippen LogP contribution < -0.4 is 20.5 Å². The van der Waals surface area contributed by atoms with Crippen molar-refractivity contribution in [3.8, 4) is 22.1 Å². The second kappa shape index (κ2) is 7.20. The van der Waals surface area contributed by atoms with Gasteiger partial charge in [-0.15, -0.1) is 11.3 Å². The van der Waals surface area contributed by atoms with E-state index < -0.39 is 5.76 Å². The van der Waals surface area contributed by atoms with Crippen LogP contribution in [0.1, 0.15) is 10.5 Å². The second-order valence-electron chi connectivity index (χ2n) is 5.79. The Kier molecular flexibility index (Phi) is 4.58. The molecule has 2 aromatic heterocycles. The first-order valence-electron chi connectivity index (χ1n) is 8.19. The van der Waals surface area contributed by atoms with E-state index in [0.29, 0.717) is 33.3 Å². The molecule has 28 heavy (non-hydrogen) atoms. The number of fused-ring (bicyclic) bond motifs is 1. The number of oxazole rings is 1. The summed E-state index contributed by atoms with van der Waals surface area (Å²) in [5, 5.41) is 5.12. The maximum Gasteiger partial charge on any atom is 0.417 e. The van der Waals surface area contributed by atoms with Gasteiger partial charge in [0.25, 0.3) is 5.91 Å². The Hall–Kier alpha value is -3.59. The van der Waals surface area contributed by atoms with Gasteiger partial charge in [0, 0.05) is 16.6 Å². The van der Waals surface area contributed by atoms with Crippen LogP contribution in [0.4, 0.5) is 5.69 Å². The maximum absolute atomic E-state index is 12.5. The van der Waals surface area contributed by atoms with E-state index in [4.69, 9.17) is 13.9 Å². The molecule has 2 aromatic carbocycles. The highest BCUT2D eigenvalue weighted by atomic mass is 32.1. The van der Waals surface area contributed by atoms with E-state index in [9.17, 15) is 9.59 Å². The molecule has 1 amide bonds. The Morgan fingerprint density at radius 3 is 2.75 bits per heavy atom. The van der Waals surface area contributed by atoms with Gasteiger partial charge >= 0.3 is 5.76 Å². The van der Waals surface area contributed by atoms with Crippen LogP contribution in [-0.4, -0.2) is 30.1 Å². The number of carbonyl (C=O) groups is 1. The number of aromatic amines is 1. The van der Waals surface area contributed by atoms with Gasteiger partial charge in [0.1, 0.15) is 10.7 Å². The number of benzene rings is 2. The number of H-pyrrole nitrogens is 1. The summed E-state index contributed by atoms with van der Waals surface area (Å²) in [6.45, 7) is 0. The third-order valence-electron chi connectivity index (χ3n) is 4.04. The van der Waals surface area contributed by atoms with Crippen LogP contribution in [0.5, 0.6) is 11.5 Å². The number of thiazole rings is 1. The van der Waals surface area contributed by atoms with Crippen molar-refractivity contribution in [2.45, 2.75) is 0 Å². The van der Waals surface area contributed by atoms with Crippen molar-refractivity contribution < 1.29 is 18.7 Å². The van der Waals surface area contributed by atoms with Crippen molar-refractivity contribution in [1.29, 1.82) is 0 Å². The molecule has 0 unspecified atom stereocenters. The van der Waals surface area contributed by atoms with Crippen LogP contribution in [0.15, 0.2) is 51.0 Å². The molecular formula is C19H15N3O5S. The summed E-state index contributed by atoms with van der Waals surface area (Å²) in [6.07, 6.45) is 0. The van der Waals surface area contributed by atoms with Crippen LogP contribution in [0, 0.1) is 0 Å². The number of rotatable bonds is 5. The highest BCUT2D eigenvalue weighted by Gasteiger charge is 2.14.